The molecule has 1 saturated heterocycles. The van der Waals surface area contributed by atoms with Crippen LogP contribution in [0.3, 0.4) is 0 Å². The summed E-state index contributed by atoms with van der Waals surface area (Å²) in [6, 6.07) is 12.6. The Labute approximate surface area is 180 Å². The molecule has 2 heterocycles. The molecule has 0 spiro atoms. The number of nitrogens with zero attached hydrogens (tertiary/aromatic N) is 2. The van der Waals surface area contributed by atoms with Gasteiger partial charge in [-0.05, 0) is 41.2 Å². The van der Waals surface area contributed by atoms with Gasteiger partial charge >= 0.3 is 0 Å². The van der Waals surface area contributed by atoms with E-state index in [4.69, 9.17) is 4.74 Å². The summed E-state index contributed by atoms with van der Waals surface area (Å²) in [6.45, 7) is 10.0. The quantitative estimate of drug-likeness (QED) is 0.743. The van der Waals surface area contributed by atoms with Gasteiger partial charge in [0, 0.05) is 50.5 Å². The maximum Gasteiger partial charge on any atom is 0.141 e. The molecule has 2 aromatic carbocycles. The minimum atomic E-state index is -0.221. The van der Waals surface area contributed by atoms with Crippen LogP contribution in [0.5, 0.6) is 5.75 Å². The van der Waals surface area contributed by atoms with Gasteiger partial charge in [0.25, 0.3) is 0 Å². The molecule has 4 rings (SSSR count). The van der Waals surface area contributed by atoms with Crippen LogP contribution in [0.2, 0.25) is 0 Å². The number of carbonyl (C=O) groups excluding carboxylic acids is 1. The molecule has 2 aromatic rings. The van der Waals surface area contributed by atoms with Gasteiger partial charge < -0.3 is 19.7 Å². The van der Waals surface area contributed by atoms with Crippen LogP contribution in [0.4, 0.5) is 5.69 Å². The van der Waals surface area contributed by atoms with Crippen molar-refractivity contribution in [2.45, 2.75) is 38.8 Å². The number of benzene rings is 2. The first-order valence-electron chi connectivity index (χ1n) is 11.1. The molecular formula is C25H33N3O2. The Bertz CT molecular complexity index is 873. The van der Waals surface area contributed by atoms with E-state index in [1.807, 2.05) is 0 Å². The topological polar surface area (TPSA) is 44.8 Å². The number of anilines is 1. The normalized spacial score (nSPS) is 18.2. The van der Waals surface area contributed by atoms with E-state index in [1.54, 1.807) is 7.11 Å². The van der Waals surface area contributed by atoms with Crippen LogP contribution in [0.1, 0.15) is 48.1 Å². The number of hydrogen-bond donors (Lipinski definition) is 1. The van der Waals surface area contributed by atoms with Crippen molar-refractivity contribution in [1.82, 2.24) is 10.2 Å². The van der Waals surface area contributed by atoms with Gasteiger partial charge in [0.05, 0.1) is 13.2 Å². The lowest BCUT2D eigenvalue weighted by Gasteiger charge is -2.38. The van der Waals surface area contributed by atoms with Crippen molar-refractivity contribution in [2.75, 3.05) is 44.7 Å². The van der Waals surface area contributed by atoms with E-state index in [-0.39, 0.29) is 6.04 Å². The summed E-state index contributed by atoms with van der Waals surface area (Å²) in [5.41, 5.74) is 6.28. The average Bonchev–Trinajstić information content (AvgIpc) is 2.79. The van der Waals surface area contributed by atoms with Crippen molar-refractivity contribution in [1.29, 1.82) is 0 Å². The largest absolute Gasteiger partial charge is 0.496 e. The molecule has 0 saturated carbocycles. The lowest BCUT2D eigenvalue weighted by atomic mass is 9.93. The number of ether oxygens (including phenoxy) is 1. The van der Waals surface area contributed by atoms with E-state index < -0.39 is 0 Å². The van der Waals surface area contributed by atoms with Gasteiger partial charge in [-0.15, -0.1) is 0 Å². The lowest BCUT2D eigenvalue weighted by Crippen LogP contribution is -2.44. The summed E-state index contributed by atoms with van der Waals surface area (Å²) in [7, 11) is 1.75. The maximum absolute atomic E-state index is 12.2. The SMILES string of the molecule is COc1ccc(N2CCNCC2)c2c1CCN([C@H](C=O)c1ccc(C(C)C)cc1)C2. The molecule has 1 atom stereocenters. The number of aldehydes is 1. The van der Waals surface area contributed by atoms with Crippen LogP contribution < -0.4 is 15.0 Å². The summed E-state index contributed by atoms with van der Waals surface area (Å²) in [4.78, 5) is 16.9. The molecule has 2 aliphatic heterocycles. The smallest absolute Gasteiger partial charge is 0.141 e. The van der Waals surface area contributed by atoms with E-state index in [2.05, 4.69) is 65.4 Å². The Hall–Kier alpha value is -2.37. The number of rotatable bonds is 6. The highest BCUT2D eigenvalue weighted by molar-refractivity contribution is 5.64. The molecule has 30 heavy (non-hydrogen) atoms. The van der Waals surface area contributed by atoms with E-state index in [9.17, 15) is 4.79 Å². The van der Waals surface area contributed by atoms with Crippen LogP contribution >= 0.6 is 0 Å². The molecule has 0 bridgehead atoms. The van der Waals surface area contributed by atoms with Crippen molar-refractivity contribution in [3.05, 3.63) is 58.7 Å². The van der Waals surface area contributed by atoms with E-state index in [1.165, 1.54) is 22.4 Å². The molecule has 0 radical (unpaired) electrons. The highest BCUT2D eigenvalue weighted by Gasteiger charge is 2.29. The fraction of sp³-hybridized carbons (Fsp3) is 0.480. The predicted octanol–water partition coefficient (Wildman–Crippen LogP) is 3.53. The van der Waals surface area contributed by atoms with Crippen molar-refractivity contribution < 1.29 is 9.53 Å². The molecule has 1 N–H and O–H groups in total. The fourth-order valence-electron chi connectivity index (χ4n) is 4.73. The van der Waals surface area contributed by atoms with Gasteiger partial charge in [0.2, 0.25) is 0 Å². The van der Waals surface area contributed by atoms with Crippen LogP contribution in [0, 0.1) is 0 Å². The van der Waals surface area contributed by atoms with Crippen molar-refractivity contribution in [3.63, 3.8) is 0 Å². The Kier molecular flexibility index (Phi) is 6.40. The van der Waals surface area contributed by atoms with Crippen LogP contribution in [0.15, 0.2) is 36.4 Å². The van der Waals surface area contributed by atoms with Gasteiger partial charge in [-0.3, -0.25) is 4.90 Å². The number of piperazine rings is 1. The summed E-state index contributed by atoms with van der Waals surface area (Å²) in [5.74, 6) is 1.46. The highest BCUT2D eigenvalue weighted by atomic mass is 16.5. The van der Waals surface area contributed by atoms with Gasteiger partial charge in [-0.25, -0.2) is 0 Å². The predicted molar refractivity (Wildman–Crippen MR) is 122 cm³/mol. The number of fused-ring (bicyclic) bond motifs is 1. The van der Waals surface area contributed by atoms with Gasteiger partial charge in [-0.2, -0.15) is 0 Å². The Morgan fingerprint density at radius 2 is 1.67 bits per heavy atom. The average molecular weight is 408 g/mol. The van der Waals surface area contributed by atoms with Gasteiger partial charge in [0.15, 0.2) is 0 Å². The van der Waals surface area contributed by atoms with E-state index in [0.717, 1.165) is 63.3 Å². The summed E-state index contributed by atoms with van der Waals surface area (Å²) >= 11 is 0. The molecule has 0 aromatic heterocycles. The molecule has 2 aliphatic rings. The molecule has 0 amide bonds. The third-order valence-electron chi connectivity index (χ3n) is 6.52. The summed E-state index contributed by atoms with van der Waals surface area (Å²) in [5, 5.41) is 3.43. The fourth-order valence-corrected chi connectivity index (χ4v) is 4.73. The third kappa shape index (κ3) is 4.09. The molecule has 0 aliphatic carbocycles. The minimum absolute atomic E-state index is 0.221. The summed E-state index contributed by atoms with van der Waals surface area (Å²) < 4.78 is 5.68. The summed E-state index contributed by atoms with van der Waals surface area (Å²) in [6.07, 6.45) is 1.99. The first-order valence-corrected chi connectivity index (χ1v) is 11.1. The Balaban J connectivity index is 1.64. The van der Waals surface area contributed by atoms with Crippen LogP contribution in [-0.4, -0.2) is 51.0 Å². The van der Waals surface area contributed by atoms with E-state index >= 15 is 0 Å². The molecule has 5 heteroatoms. The number of carbonyl (C=O) groups is 1. The molecule has 5 nitrogen and oxygen atoms in total. The zero-order chi connectivity index (χ0) is 21.1. The standard InChI is InChI=1S/C25H33N3O2/c1-18(2)19-4-6-20(7-5-19)24(17-29)28-13-10-21-22(16-28)23(8-9-25(21)30-3)27-14-11-26-12-15-27/h4-9,17-18,24,26H,10-16H2,1-3H3/t24-/m1/s1. The zero-order valence-corrected chi connectivity index (χ0v) is 18.4. The van der Waals surface area contributed by atoms with Crippen LogP contribution in [-0.2, 0) is 17.8 Å². The monoisotopic (exact) mass is 407 g/mol. The molecular weight excluding hydrogens is 374 g/mol. The first kappa shape index (κ1) is 20.9. The second-order valence-corrected chi connectivity index (χ2v) is 8.60. The molecule has 0 unspecified atom stereocenters. The Morgan fingerprint density at radius 1 is 0.967 bits per heavy atom. The highest BCUT2D eigenvalue weighted by Crippen LogP contribution is 2.37. The van der Waals surface area contributed by atoms with E-state index in [0.29, 0.717) is 5.92 Å². The molecule has 1 fully saturated rings. The maximum atomic E-state index is 12.2. The third-order valence-corrected chi connectivity index (χ3v) is 6.52. The van der Waals surface area contributed by atoms with Crippen molar-refractivity contribution in [2.24, 2.45) is 0 Å². The number of nitrogens with one attached hydrogen (secondary N) is 1. The lowest BCUT2D eigenvalue weighted by molar-refractivity contribution is -0.113. The number of methoxy groups -OCH3 is 1. The zero-order valence-electron chi connectivity index (χ0n) is 18.4. The molecule has 160 valence electrons. The second-order valence-electron chi connectivity index (χ2n) is 8.60. The van der Waals surface area contributed by atoms with Crippen molar-refractivity contribution in [3.8, 4) is 5.75 Å². The van der Waals surface area contributed by atoms with Gasteiger partial charge in [-0.1, -0.05) is 38.1 Å². The van der Waals surface area contributed by atoms with Gasteiger partial charge in [0.1, 0.15) is 12.0 Å². The van der Waals surface area contributed by atoms with Crippen LogP contribution in [0.25, 0.3) is 0 Å². The second kappa shape index (κ2) is 9.19. The Morgan fingerprint density at radius 3 is 2.30 bits per heavy atom. The first-order chi connectivity index (χ1) is 14.6. The number of hydrogen-bond acceptors (Lipinski definition) is 5. The minimum Gasteiger partial charge on any atom is -0.496 e. The van der Waals surface area contributed by atoms with Crippen molar-refractivity contribution >= 4 is 12.0 Å².